The van der Waals surface area contributed by atoms with Gasteiger partial charge in [0, 0.05) is 17.8 Å². The van der Waals surface area contributed by atoms with E-state index in [1.165, 1.54) is 6.92 Å². The third kappa shape index (κ3) is 1.99. The van der Waals surface area contributed by atoms with Gasteiger partial charge in [-0.1, -0.05) is 0 Å². The molecule has 1 aliphatic carbocycles. The largest absolute Gasteiger partial charge is 0.477 e. The lowest BCUT2D eigenvalue weighted by molar-refractivity contribution is 0.0683. The van der Waals surface area contributed by atoms with Gasteiger partial charge < -0.3 is 9.67 Å². The molecular formula is C13H17NO3. The first-order valence-corrected chi connectivity index (χ1v) is 5.87. The Morgan fingerprint density at radius 2 is 1.94 bits per heavy atom. The van der Waals surface area contributed by atoms with Gasteiger partial charge in [0.2, 0.25) is 0 Å². The number of Topliss-reactive ketones (excluding diaryl/α,β-unsaturated/α-hetero) is 1. The minimum Gasteiger partial charge on any atom is -0.477 e. The number of hydrogen-bond acceptors (Lipinski definition) is 2. The summed E-state index contributed by atoms with van der Waals surface area (Å²) in [7, 11) is 0. The van der Waals surface area contributed by atoms with Gasteiger partial charge in [-0.15, -0.1) is 0 Å². The Bertz CT molecular complexity index is 495. The summed E-state index contributed by atoms with van der Waals surface area (Å²) in [5.74, 6) is -0.422. The maximum atomic E-state index is 11.6. The number of carboxylic acid groups (broad SMARTS) is 1. The number of ketones is 1. The van der Waals surface area contributed by atoms with E-state index in [9.17, 15) is 14.7 Å². The molecule has 1 aliphatic rings. The van der Waals surface area contributed by atoms with Crippen molar-refractivity contribution in [2.75, 3.05) is 0 Å². The molecule has 0 bridgehead atoms. The fraction of sp³-hybridized carbons (Fsp3) is 0.538. The molecule has 1 saturated carbocycles. The van der Waals surface area contributed by atoms with Gasteiger partial charge in [0.1, 0.15) is 5.69 Å². The van der Waals surface area contributed by atoms with E-state index in [-0.39, 0.29) is 11.5 Å². The second-order valence-corrected chi connectivity index (χ2v) is 4.85. The first-order chi connectivity index (χ1) is 7.93. The first-order valence-electron chi connectivity index (χ1n) is 5.87. The highest BCUT2D eigenvalue weighted by molar-refractivity contribution is 6.01. The van der Waals surface area contributed by atoms with Crippen molar-refractivity contribution in [3.05, 3.63) is 22.5 Å². The number of carboxylic acids is 1. The minimum absolute atomic E-state index is 0.0583. The normalized spacial score (nSPS) is 15.0. The molecular weight excluding hydrogens is 218 g/mol. The quantitative estimate of drug-likeness (QED) is 0.815. The van der Waals surface area contributed by atoms with Gasteiger partial charge in [0.05, 0.1) is 0 Å². The highest BCUT2D eigenvalue weighted by atomic mass is 16.4. The van der Waals surface area contributed by atoms with Crippen LogP contribution in [0.1, 0.15) is 51.9 Å². The van der Waals surface area contributed by atoms with Gasteiger partial charge in [0.25, 0.3) is 0 Å². The molecule has 0 saturated heterocycles. The Labute approximate surface area is 100 Å². The Hall–Kier alpha value is -1.58. The lowest BCUT2D eigenvalue weighted by Crippen LogP contribution is -2.12. The van der Waals surface area contributed by atoms with Gasteiger partial charge in [-0.25, -0.2) is 4.79 Å². The summed E-state index contributed by atoms with van der Waals surface area (Å²) < 4.78 is 1.80. The van der Waals surface area contributed by atoms with E-state index < -0.39 is 5.97 Å². The smallest absolute Gasteiger partial charge is 0.352 e. The van der Waals surface area contributed by atoms with Crippen LogP contribution in [0.2, 0.25) is 0 Å². The molecule has 1 aromatic heterocycles. The molecule has 0 atom stereocenters. The zero-order chi connectivity index (χ0) is 12.7. The molecule has 0 aromatic carbocycles. The van der Waals surface area contributed by atoms with Crippen molar-refractivity contribution < 1.29 is 14.7 Å². The van der Waals surface area contributed by atoms with E-state index in [1.807, 2.05) is 6.92 Å². The van der Waals surface area contributed by atoms with Crippen molar-refractivity contribution in [3.8, 4) is 0 Å². The molecule has 0 radical (unpaired) electrons. The topological polar surface area (TPSA) is 59.3 Å². The van der Waals surface area contributed by atoms with Gasteiger partial charge in [0.15, 0.2) is 5.78 Å². The van der Waals surface area contributed by atoms with Crippen LogP contribution in [-0.4, -0.2) is 21.4 Å². The van der Waals surface area contributed by atoms with E-state index in [1.54, 1.807) is 11.5 Å². The number of hydrogen-bond donors (Lipinski definition) is 1. The summed E-state index contributed by atoms with van der Waals surface area (Å²) in [6.07, 6.45) is 2.32. The minimum atomic E-state index is -0.946. The zero-order valence-corrected chi connectivity index (χ0v) is 10.4. The van der Waals surface area contributed by atoms with Crippen LogP contribution < -0.4 is 0 Å². The van der Waals surface area contributed by atoms with Crippen molar-refractivity contribution in [1.29, 1.82) is 0 Å². The molecule has 17 heavy (non-hydrogen) atoms. The summed E-state index contributed by atoms with van der Waals surface area (Å²) >= 11 is 0. The van der Waals surface area contributed by atoms with Crippen LogP contribution in [0, 0.1) is 19.8 Å². The predicted molar refractivity (Wildman–Crippen MR) is 63.6 cm³/mol. The van der Waals surface area contributed by atoms with Crippen LogP contribution in [0.15, 0.2) is 0 Å². The molecule has 0 aliphatic heterocycles. The molecule has 0 amide bonds. The third-order valence-electron chi connectivity index (χ3n) is 3.46. The van der Waals surface area contributed by atoms with Crippen molar-refractivity contribution in [2.24, 2.45) is 5.92 Å². The second kappa shape index (κ2) is 4.02. The molecule has 1 heterocycles. The van der Waals surface area contributed by atoms with Crippen molar-refractivity contribution >= 4 is 11.8 Å². The Morgan fingerprint density at radius 1 is 1.35 bits per heavy atom. The highest BCUT2D eigenvalue weighted by Crippen LogP contribution is 2.33. The summed E-state index contributed by atoms with van der Waals surface area (Å²) in [4.78, 5) is 22.9. The Balaban J connectivity index is 2.57. The number of aromatic carboxylic acids is 1. The van der Waals surface area contributed by atoms with E-state index >= 15 is 0 Å². The van der Waals surface area contributed by atoms with Crippen LogP contribution in [0.3, 0.4) is 0 Å². The molecule has 0 spiro atoms. The van der Waals surface area contributed by atoms with E-state index in [4.69, 9.17) is 0 Å². The number of nitrogens with zero attached hydrogens (tertiary/aromatic N) is 1. The van der Waals surface area contributed by atoms with Gasteiger partial charge in [-0.3, -0.25) is 4.79 Å². The summed E-state index contributed by atoms with van der Waals surface area (Å²) in [6, 6.07) is 0. The number of carbonyl (C=O) groups is 2. The fourth-order valence-corrected chi connectivity index (χ4v) is 2.48. The maximum absolute atomic E-state index is 11.6. The molecule has 0 unspecified atom stereocenters. The molecule has 1 N–H and O–H groups in total. The van der Waals surface area contributed by atoms with Crippen LogP contribution in [0.25, 0.3) is 0 Å². The SMILES string of the molecule is CC(=O)c1c(C)c(C(=O)O)n(CC2CC2)c1C. The van der Waals surface area contributed by atoms with E-state index in [0.29, 0.717) is 17.0 Å². The summed E-state index contributed by atoms with van der Waals surface area (Å²) in [5, 5.41) is 9.27. The van der Waals surface area contributed by atoms with Crippen LogP contribution >= 0.6 is 0 Å². The highest BCUT2D eigenvalue weighted by Gasteiger charge is 2.29. The zero-order valence-electron chi connectivity index (χ0n) is 10.4. The molecule has 1 aromatic rings. The Morgan fingerprint density at radius 3 is 2.35 bits per heavy atom. The van der Waals surface area contributed by atoms with Crippen molar-refractivity contribution in [2.45, 2.75) is 40.2 Å². The second-order valence-electron chi connectivity index (χ2n) is 4.85. The number of carbonyl (C=O) groups excluding carboxylic acids is 1. The summed E-state index contributed by atoms with van der Waals surface area (Å²) in [5.41, 5.74) is 2.24. The maximum Gasteiger partial charge on any atom is 0.352 e. The summed E-state index contributed by atoms with van der Waals surface area (Å²) in [6.45, 7) is 5.76. The van der Waals surface area contributed by atoms with Gasteiger partial charge in [-0.05, 0) is 45.1 Å². The lowest BCUT2D eigenvalue weighted by Gasteiger charge is -2.08. The third-order valence-corrected chi connectivity index (χ3v) is 3.46. The van der Waals surface area contributed by atoms with E-state index in [0.717, 1.165) is 25.1 Å². The fourth-order valence-electron chi connectivity index (χ4n) is 2.48. The average Bonchev–Trinajstić information content (AvgIpc) is 2.94. The molecule has 4 nitrogen and oxygen atoms in total. The standard InChI is InChI=1S/C13H17NO3/c1-7-11(9(3)15)8(2)14(6-10-4-5-10)12(7)13(16)17/h10H,4-6H2,1-3H3,(H,16,17). The monoisotopic (exact) mass is 235 g/mol. The lowest BCUT2D eigenvalue weighted by atomic mass is 10.1. The van der Waals surface area contributed by atoms with Crippen molar-refractivity contribution in [1.82, 2.24) is 4.57 Å². The molecule has 1 fully saturated rings. The van der Waals surface area contributed by atoms with Crippen LogP contribution in [-0.2, 0) is 6.54 Å². The average molecular weight is 235 g/mol. The van der Waals surface area contributed by atoms with Crippen molar-refractivity contribution in [3.63, 3.8) is 0 Å². The van der Waals surface area contributed by atoms with Gasteiger partial charge >= 0.3 is 5.97 Å². The molecule has 92 valence electrons. The van der Waals surface area contributed by atoms with Crippen LogP contribution in [0.4, 0.5) is 0 Å². The van der Waals surface area contributed by atoms with Crippen LogP contribution in [0.5, 0.6) is 0 Å². The predicted octanol–water partition coefficient (Wildman–Crippen LogP) is 2.42. The number of aromatic nitrogens is 1. The Kier molecular flexibility index (Phi) is 2.81. The molecule has 4 heteroatoms. The first kappa shape index (κ1) is 11.9. The molecule has 2 rings (SSSR count). The van der Waals surface area contributed by atoms with Gasteiger partial charge in [-0.2, -0.15) is 0 Å². The number of rotatable bonds is 4. The van der Waals surface area contributed by atoms with E-state index in [2.05, 4.69) is 0 Å².